The number of amides is 5. The van der Waals surface area contributed by atoms with Crippen LogP contribution >= 0.6 is 0 Å². The van der Waals surface area contributed by atoms with Crippen LogP contribution in [0, 0.1) is 11.3 Å². The van der Waals surface area contributed by atoms with Crippen LogP contribution in [-0.2, 0) is 47.0 Å². The van der Waals surface area contributed by atoms with Gasteiger partial charge >= 0.3 is 12.2 Å². The van der Waals surface area contributed by atoms with Crippen LogP contribution in [0.15, 0.2) is 36.9 Å². The third-order valence-electron chi connectivity index (χ3n) is 9.91. The first-order valence-electron chi connectivity index (χ1n) is 16.6. The molecule has 1 aromatic carbocycles. The third kappa shape index (κ3) is 7.17. The minimum Gasteiger partial charge on any atom is -0.449 e. The van der Waals surface area contributed by atoms with Gasteiger partial charge in [-0.15, -0.1) is 6.58 Å². The number of benzene rings is 1. The highest BCUT2D eigenvalue weighted by molar-refractivity contribution is 7.91. The van der Waals surface area contributed by atoms with Gasteiger partial charge in [0.25, 0.3) is 5.91 Å². The molecule has 3 N–H and O–H groups in total. The Bertz CT molecular complexity index is 1720. The van der Waals surface area contributed by atoms with Crippen molar-refractivity contribution >= 4 is 46.0 Å². The standard InChI is InChI=1S/C34H43N5O9S/c1-5-23-15-34(23,30(42)37-49(45,46)25-11-12-25)36-28(40)27-14-24-17-39(27)29(41)20(2)35-31(43)47-19-33(3,4)13-7-10-21-8-6-9-22-16-38(18-26(21)22)32(44)48-24/h5-10,20,23-25,27H,1,11-19H2,2-4H3,(H,35,43)(H,36,40)(H,37,42)/b10-7+/t20-,23-,24+,27-,34+/m0/s1. The molecule has 0 spiro atoms. The largest absolute Gasteiger partial charge is 0.449 e. The number of hydrogen-bond donors (Lipinski definition) is 3. The van der Waals surface area contributed by atoms with E-state index in [2.05, 4.69) is 21.9 Å². The second-order valence-electron chi connectivity index (χ2n) is 14.5. The molecule has 3 aliphatic heterocycles. The molecule has 2 aliphatic carbocycles. The fourth-order valence-electron chi connectivity index (χ4n) is 6.70. The Hall–Kier alpha value is -4.40. The maximum absolute atomic E-state index is 13.9. The second-order valence-corrected chi connectivity index (χ2v) is 16.4. The Kier molecular flexibility index (Phi) is 9.01. The number of alkyl carbamates (subject to hydrolysis) is 1. The smallest absolute Gasteiger partial charge is 0.410 e. The average molecular weight is 698 g/mol. The molecule has 0 aromatic heterocycles. The second kappa shape index (κ2) is 12.8. The normalized spacial score (nSPS) is 30.5. The van der Waals surface area contributed by atoms with Gasteiger partial charge in [0, 0.05) is 24.3 Å². The highest BCUT2D eigenvalue weighted by atomic mass is 32.2. The monoisotopic (exact) mass is 697 g/mol. The van der Waals surface area contributed by atoms with Crippen LogP contribution in [0.25, 0.3) is 6.08 Å². The molecule has 15 heteroatoms. The Morgan fingerprint density at radius 3 is 2.59 bits per heavy atom. The first-order valence-corrected chi connectivity index (χ1v) is 18.1. The van der Waals surface area contributed by atoms with Crippen molar-refractivity contribution in [3.63, 3.8) is 0 Å². The van der Waals surface area contributed by atoms with Crippen LogP contribution in [0.4, 0.5) is 9.59 Å². The van der Waals surface area contributed by atoms with Crippen LogP contribution in [0.1, 0.15) is 69.6 Å². The van der Waals surface area contributed by atoms with E-state index in [0.717, 1.165) is 16.7 Å². The number of sulfonamides is 1. The van der Waals surface area contributed by atoms with Crippen LogP contribution in [0.2, 0.25) is 0 Å². The lowest BCUT2D eigenvalue weighted by atomic mass is 9.90. The molecular weight excluding hydrogens is 654 g/mol. The fraction of sp³-hybridized carbons (Fsp3) is 0.559. The van der Waals surface area contributed by atoms with E-state index in [4.69, 9.17) is 9.47 Å². The van der Waals surface area contributed by atoms with E-state index in [1.165, 1.54) is 17.9 Å². The summed E-state index contributed by atoms with van der Waals surface area (Å²) in [6, 6.07) is 3.54. The fourth-order valence-corrected chi connectivity index (χ4v) is 8.06. The maximum Gasteiger partial charge on any atom is 0.410 e. The van der Waals surface area contributed by atoms with Crippen molar-refractivity contribution < 1.29 is 41.9 Å². The Labute approximate surface area is 285 Å². The van der Waals surface area contributed by atoms with Gasteiger partial charge in [-0.25, -0.2) is 18.0 Å². The van der Waals surface area contributed by atoms with E-state index < -0.39 is 80.2 Å². The maximum atomic E-state index is 13.9. The molecule has 1 saturated heterocycles. The van der Waals surface area contributed by atoms with E-state index in [1.807, 2.05) is 44.2 Å². The van der Waals surface area contributed by atoms with E-state index in [-0.39, 0.29) is 26.0 Å². The predicted octanol–water partition coefficient (Wildman–Crippen LogP) is 2.34. The van der Waals surface area contributed by atoms with Gasteiger partial charge in [0.2, 0.25) is 21.8 Å². The van der Waals surface area contributed by atoms with Crippen molar-refractivity contribution in [1.82, 2.24) is 25.2 Å². The van der Waals surface area contributed by atoms with Crippen LogP contribution < -0.4 is 15.4 Å². The molecule has 1 aromatic rings. The number of carbonyl (C=O) groups is 5. The number of ether oxygens (including phenoxy) is 2. The molecule has 49 heavy (non-hydrogen) atoms. The van der Waals surface area contributed by atoms with Gasteiger partial charge in [-0.05, 0) is 49.3 Å². The first kappa shape index (κ1) is 34.5. The molecule has 264 valence electrons. The van der Waals surface area contributed by atoms with Crippen molar-refractivity contribution in [2.75, 3.05) is 13.2 Å². The highest BCUT2D eigenvalue weighted by Crippen LogP contribution is 2.45. The summed E-state index contributed by atoms with van der Waals surface area (Å²) in [7, 11) is -3.90. The molecule has 3 heterocycles. The molecule has 0 radical (unpaired) electrons. The number of nitrogens with one attached hydrogen (secondary N) is 3. The zero-order valence-electron chi connectivity index (χ0n) is 27.9. The van der Waals surface area contributed by atoms with Crippen molar-refractivity contribution in [3.05, 3.63) is 53.6 Å². The lowest BCUT2D eigenvalue weighted by Crippen LogP contribution is -2.58. The summed E-state index contributed by atoms with van der Waals surface area (Å²) >= 11 is 0. The third-order valence-corrected chi connectivity index (χ3v) is 11.7. The molecule has 5 atom stereocenters. The van der Waals surface area contributed by atoms with Gasteiger partial charge in [0.1, 0.15) is 23.7 Å². The summed E-state index contributed by atoms with van der Waals surface area (Å²) in [4.78, 5) is 70.0. The summed E-state index contributed by atoms with van der Waals surface area (Å²) in [5, 5.41) is 4.59. The Balaban J connectivity index is 1.24. The van der Waals surface area contributed by atoms with Crippen LogP contribution in [0.3, 0.4) is 0 Å². The minimum absolute atomic E-state index is 0.0784. The van der Waals surface area contributed by atoms with E-state index in [1.54, 1.807) is 4.90 Å². The molecule has 3 fully saturated rings. The summed E-state index contributed by atoms with van der Waals surface area (Å²) in [6.45, 7) is 9.67. The molecule has 5 aliphatic rings. The SMILES string of the molecule is C=C[C@H]1C[C@]1(NC(=O)[C@@H]1C[C@@H]2CN1C(=O)[C@H](C)NC(=O)OCC(C)(C)C/C=C/c1cccc3c1CN(C3)C(=O)O2)C(=O)NS(=O)(=O)C1CC1. The average Bonchev–Trinajstić information content (AvgIpc) is 3.93. The van der Waals surface area contributed by atoms with Gasteiger partial charge < -0.3 is 25.0 Å². The van der Waals surface area contributed by atoms with Gasteiger partial charge in [-0.3, -0.25) is 24.0 Å². The zero-order valence-corrected chi connectivity index (χ0v) is 28.7. The lowest BCUT2D eigenvalue weighted by molar-refractivity contribution is -0.140. The molecule has 0 unspecified atom stereocenters. The summed E-state index contributed by atoms with van der Waals surface area (Å²) < 4.78 is 38.6. The van der Waals surface area contributed by atoms with E-state index in [0.29, 0.717) is 32.4 Å². The number of nitrogens with zero attached hydrogens (tertiary/aromatic N) is 2. The van der Waals surface area contributed by atoms with Gasteiger partial charge in [0.15, 0.2) is 0 Å². The predicted molar refractivity (Wildman–Crippen MR) is 177 cm³/mol. The Morgan fingerprint density at radius 2 is 1.90 bits per heavy atom. The van der Waals surface area contributed by atoms with Crippen molar-refractivity contribution in [2.24, 2.45) is 11.3 Å². The Morgan fingerprint density at radius 1 is 1.14 bits per heavy atom. The molecule has 14 nitrogen and oxygen atoms in total. The first-order chi connectivity index (χ1) is 23.1. The molecule has 4 bridgehead atoms. The number of hydrogen-bond acceptors (Lipinski definition) is 9. The molecular formula is C34H43N5O9S. The summed E-state index contributed by atoms with van der Waals surface area (Å²) in [6.07, 6.45) is 4.71. The van der Waals surface area contributed by atoms with Gasteiger partial charge in [-0.2, -0.15) is 0 Å². The van der Waals surface area contributed by atoms with E-state index in [9.17, 15) is 32.4 Å². The summed E-state index contributed by atoms with van der Waals surface area (Å²) in [5.41, 5.74) is 0.947. The van der Waals surface area contributed by atoms with E-state index >= 15 is 0 Å². The summed E-state index contributed by atoms with van der Waals surface area (Å²) in [5.74, 6) is -2.75. The number of cyclic esters (lactones) is 1. The molecule has 6 rings (SSSR count). The number of fused-ring (bicyclic) bond motifs is 3. The van der Waals surface area contributed by atoms with Gasteiger partial charge in [-0.1, -0.05) is 50.3 Å². The number of allylic oxidation sites excluding steroid dienone is 1. The van der Waals surface area contributed by atoms with Crippen molar-refractivity contribution in [2.45, 2.75) is 94.9 Å². The van der Waals surface area contributed by atoms with Crippen molar-refractivity contribution in [3.8, 4) is 0 Å². The quantitative estimate of drug-likeness (QED) is 0.376. The zero-order chi connectivity index (χ0) is 35.3. The topological polar surface area (TPSA) is 181 Å². The number of rotatable bonds is 6. The van der Waals surface area contributed by atoms with Crippen LogP contribution in [0.5, 0.6) is 0 Å². The highest BCUT2D eigenvalue weighted by Gasteiger charge is 2.62. The molecule has 5 amide bonds. The molecule has 2 saturated carbocycles. The van der Waals surface area contributed by atoms with Gasteiger partial charge in [0.05, 0.1) is 24.9 Å². The van der Waals surface area contributed by atoms with Crippen LogP contribution in [-0.4, -0.2) is 90.3 Å². The minimum atomic E-state index is -3.90. The van der Waals surface area contributed by atoms with Crippen molar-refractivity contribution in [1.29, 1.82) is 0 Å². The number of carbonyl (C=O) groups excluding carboxylic acids is 5. The lowest BCUT2D eigenvalue weighted by Gasteiger charge is -2.29.